The maximum Gasteiger partial charge on any atom is 0.244 e. The predicted octanol–water partition coefficient (Wildman–Crippen LogP) is 1.91. The molecule has 5 nitrogen and oxygen atoms in total. The third-order valence-electron chi connectivity index (χ3n) is 2.51. The summed E-state index contributed by atoms with van der Waals surface area (Å²) in [6.45, 7) is 0. The number of benzene rings is 1. The molecular weight excluding hydrogens is 249 g/mol. The van der Waals surface area contributed by atoms with E-state index in [1.54, 1.807) is 0 Å². The average molecular weight is 261 g/mol. The van der Waals surface area contributed by atoms with Gasteiger partial charge in [0.05, 0.1) is 13.2 Å². The molecule has 2 aromatic rings. The van der Waals surface area contributed by atoms with Crippen molar-refractivity contribution in [2.45, 2.75) is 12.5 Å². The second-order valence-electron chi connectivity index (χ2n) is 3.82. The van der Waals surface area contributed by atoms with Gasteiger partial charge in [0.25, 0.3) is 0 Å². The lowest BCUT2D eigenvalue weighted by atomic mass is 10.2. The summed E-state index contributed by atoms with van der Waals surface area (Å²) in [6, 6.07) is 3.77. The summed E-state index contributed by atoms with van der Waals surface area (Å²) in [4.78, 5) is 4.13. The van der Waals surface area contributed by atoms with Crippen molar-refractivity contribution < 1.29 is 13.7 Å². The van der Waals surface area contributed by atoms with Gasteiger partial charge in [0.1, 0.15) is 0 Å². The monoisotopic (exact) mass is 261 g/mol. The predicted molar refractivity (Wildman–Crippen MR) is 66.6 cm³/mol. The largest absolute Gasteiger partial charge is 0.494 e. The minimum Gasteiger partial charge on any atom is -0.494 e. The minimum atomic E-state index is -0.506. The lowest BCUT2D eigenvalue weighted by molar-refractivity contribution is 0.356. The van der Waals surface area contributed by atoms with Crippen LogP contribution >= 0.6 is 0 Å². The molecule has 1 heterocycles. The normalized spacial score (nSPS) is 11.9. The molecule has 0 aliphatic heterocycles. The second-order valence-corrected chi connectivity index (χ2v) is 3.82. The number of terminal acetylenes is 1. The van der Waals surface area contributed by atoms with E-state index in [1.165, 1.54) is 25.3 Å². The maximum absolute atomic E-state index is 13.3. The molecule has 6 heteroatoms. The molecule has 1 atom stereocenters. The zero-order valence-electron chi connectivity index (χ0n) is 10.3. The second kappa shape index (κ2) is 5.50. The number of nitrogens with two attached hydrogens (primary N) is 1. The van der Waals surface area contributed by atoms with Crippen LogP contribution in [0.4, 0.5) is 4.39 Å². The molecule has 0 aliphatic rings. The van der Waals surface area contributed by atoms with Gasteiger partial charge in [0.15, 0.2) is 11.6 Å². The SMILES string of the molecule is C#CCC(N)c1nc(-c2ccc(F)c(OC)c2)no1. The number of hydrogen-bond acceptors (Lipinski definition) is 5. The summed E-state index contributed by atoms with van der Waals surface area (Å²) in [5, 5.41) is 3.78. The Morgan fingerprint density at radius 3 is 3.05 bits per heavy atom. The Hall–Kier alpha value is -2.39. The van der Waals surface area contributed by atoms with Crippen molar-refractivity contribution in [2.24, 2.45) is 5.73 Å². The Balaban J connectivity index is 2.30. The van der Waals surface area contributed by atoms with E-state index >= 15 is 0 Å². The molecule has 0 spiro atoms. The van der Waals surface area contributed by atoms with E-state index in [9.17, 15) is 4.39 Å². The van der Waals surface area contributed by atoms with Crippen LogP contribution in [0.15, 0.2) is 22.7 Å². The van der Waals surface area contributed by atoms with Gasteiger partial charge in [0, 0.05) is 12.0 Å². The maximum atomic E-state index is 13.3. The number of hydrogen-bond donors (Lipinski definition) is 1. The van der Waals surface area contributed by atoms with E-state index in [2.05, 4.69) is 16.1 Å². The van der Waals surface area contributed by atoms with Crippen LogP contribution in [0.3, 0.4) is 0 Å². The molecule has 2 rings (SSSR count). The molecule has 0 amide bonds. The van der Waals surface area contributed by atoms with E-state index in [1.807, 2.05) is 0 Å². The zero-order valence-corrected chi connectivity index (χ0v) is 10.3. The Morgan fingerprint density at radius 1 is 1.58 bits per heavy atom. The van der Waals surface area contributed by atoms with Crippen LogP contribution in [0, 0.1) is 18.2 Å². The first-order valence-corrected chi connectivity index (χ1v) is 5.52. The number of ether oxygens (including phenoxy) is 1. The van der Waals surface area contributed by atoms with Gasteiger partial charge in [-0.15, -0.1) is 12.3 Å². The summed E-state index contributed by atoms with van der Waals surface area (Å²) in [5.41, 5.74) is 6.32. The Morgan fingerprint density at radius 2 is 2.37 bits per heavy atom. The Labute approximate surface area is 109 Å². The van der Waals surface area contributed by atoms with Crippen molar-refractivity contribution in [1.82, 2.24) is 10.1 Å². The third kappa shape index (κ3) is 2.72. The highest BCUT2D eigenvalue weighted by molar-refractivity contribution is 5.57. The molecule has 0 aliphatic carbocycles. The van der Waals surface area contributed by atoms with E-state index in [-0.39, 0.29) is 11.6 Å². The van der Waals surface area contributed by atoms with E-state index < -0.39 is 11.9 Å². The Bertz CT molecular complexity index is 619. The topological polar surface area (TPSA) is 74.2 Å². The zero-order chi connectivity index (χ0) is 13.8. The van der Waals surface area contributed by atoms with E-state index in [0.717, 1.165) is 0 Å². The molecule has 2 N–H and O–H groups in total. The fourth-order valence-corrected chi connectivity index (χ4v) is 1.52. The molecule has 0 bridgehead atoms. The Kier molecular flexibility index (Phi) is 3.78. The van der Waals surface area contributed by atoms with Crippen LogP contribution in [0.1, 0.15) is 18.4 Å². The molecule has 98 valence electrons. The van der Waals surface area contributed by atoms with Crippen LogP contribution < -0.4 is 10.5 Å². The first kappa shape index (κ1) is 13.1. The first-order chi connectivity index (χ1) is 9.15. The lowest BCUT2D eigenvalue weighted by Gasteiger charge is -2.02. The van der Waals surface area contributed by atoms with Gasteiger partial charge in [-0.3, -0.25) is 0 Å². The van der Waals surface area contributed by atoms with Crippen molar-refractivity contribution in [3.05, 3.63) is 29.9 Å². The van der Waals surface area contributed by atoms with Crippen LogP contribution in [-0.2, 0) is 0 Å². The summed E-state index contributed by atoms with van der Waals surface area (Å²) >= 11 is 0. The molecule has 0 fully saturated rings. The number of rotatable bonds is 4. The smallest absolute Gasteiger partial charge is 0.244 e. The van der Waals surface area contributed by atoms with Crippen LogP contribution in [0.25, 0.3) is 11.4 Å². The molecule has 1 aromatic carbocycles. The highest BCUT2D eigenvalue weighted by atomic mass is 19.1. The quantitative estimate of drug-likeness (QED) is 0.851. The van der Waals surface area contributed by atoms with Gasteiger partial charge in [-0.05, 0) is 18.2 Å². The molecule has 0 saturated heterocycles. The van der Waals surface area contributed by atoms with Crippen molar-refractivity contribution in [3.63, 3.8) is 0 Å². The summed E-state index contributed by atoms with van der Waals surface area (Å²) < 4.78 is 23.2. The molecule has 19 heavy (non-hydrogen) atoms. The van der Waals surface area contributed by atoms with Gasteiger partial charge in [-0.1, -0.05) is 5.16 Å². The fourth-order valence-electron chi connectivity index (χ4n) is 1.52. The number of aromatic nitrogens is 2. The highest BCUT2D eigenvalue weighted by Gasteiger charge is 2.15. The molecule has 1 aromatic heterocycles. The minimum absolute atomic E-state index is 0.108. The standard InChI is InChI=1S/C13H12FN3O2/c1-3-4-10(15)13-16-12(17-19-13)8-5-6-9(14)11(7-8)18-2/h1,5-7,10H,4,15H2,2H3. The number of methoxy groups -OCH3 is 1. The van der Waals surface area contributed by atoms with Gasteiger partial charge in [-0.25, -0.2) is 4.39 Å². The van der Waals surface area contributed by atoms with Gasteiger partial charge >= 0.3 is 0 Å². The highest BCUT2D eigenvalue weighted by Crippen LogP contribution is 2.25. The fraction of sp³-hybridized carbons (Fsp3) is 0.231. The van der Waals surface area contributed by atoms with E-state index in [0.29, 0.717) is 17.8 Å². The van der Waals surface area contributed by atoms with Crippen molar-refractivity contribution in [2.75, 3.05) is 7.11 Å². The van der Waals surface area contributed by atoms with Crippen LogP contribution in [0.2, 0.25) is 0 Å². The summed E-state index contributed by atoms with van der Waals surface area (Å²) in [5.74, 6) is 2.62. The molecule has 0 radical (unpaired) electrons. The van der Waals surface area contributed by atoms with E-state index in [4.69, 9.17) is 21.4 Å². The van der Waals surface area contributed by atoms with Crippen molar-refractivity contribution >= 4 is 0 Å². The van der Waals surface area contributed by atoms with Crippen molar-refractivity contribution in [1.29, 1.82) is 0 Å². The first-order valence-electron chi connectivity index (χ1n) is 5.52. The van der Waals surface area contributed by atoms with Crippen LogP contribution in [0.5, 0.6) is 5.75 Å². The molecular formula is C13H12FN3O2. The van der Waals surface area contributed by atoms with Crippen molar-refractivity contribution in [3.8, 4) is 29.5 Å². The summed E-state index contributed by atoms with van der Waals surface area (Å²) in [7, 11) is 1.38. The lowest BCUT2D eigenvalue weighted by Crippen LogP contribution is -2.09. The van der Waals surface area contributed by atoms with Gasteiger partial charge in [0.2, 0.25) is 11.7 Å². The van der Waals surface area contributed by atoms with Gasteiger partial charge < -0.3 is 15.0 Å². The van der Waals surface area contributed by atoms with Gasteiger partial charge in [-0.2, -0.15) is 4.98 Å². The average Bonchev–Trinajstić information content (AvgIpc) is 2.89. The molecule has 0 saturated carbocycles. The summed E-state index contributed by atoms with van der Waals surface area (Å²) in [6.07, 6.45) is 5.46. The molecule has 1 unspecified atom stereocenters. The van der Waals surface area contributed by atoms with Crippen LogP contribution in [-0.4, -0.2) is 17.3 Å². The number of halogens is 1. The third-order valence-corrected chi connectivity index (χ3v) is 2.51. The number of nitrogens with zero attached hydrogens (tertiary/aromatic N) is 2.